The monoisotopic (exact) mass is 696 g/mol. The lowest BCUT2D eigenvalue weighted by Crippen LogP contribution is -2.42. The van der Waals surface area contributed by atoms with Gasteiger partial charge in [-0.2, -0.15) is 0 Å². The number of fused-ring (bicyclic) bond motifs is 9. The van der Waals surface area contributed by atoms with Gasteiger partial charge in [0.05, 0.1) is 16.9 Å². The normalized spacial score (nSPS) is 28.2. The average molecular weight is 698 g/mol. The maximum absolute atomic E-state index is 13.9. The molecule has 0 radical (unpaired) electrons. The van der Waals surface area contributed by atoms with Crippen molar-refractivity contribution in [2.45, 2.75) is 61.8 Å². The molecule has 2 amide bonds. The molecular formula is C33H33BrN2O6S2. The first-order chi connectivity index (χ1) is 21.2. The van der Waals surface area contributed by atoms with Gasteiger partial charge < -0.3 is 14.8 Å². The summed E-state index contributed by atoms with van der Waals surface area (Å²) in [6.07, 6.45) is 2.73. The molecule has 1 aromatic heterocycles. The second kappa shape index (κ2) is 11.8. The zero-order valence-corrected chi connectivity index (χ0v) is 27.4. The summed E-state index contributed by atoms with van der Waals surface area (Å²) in [5, 5.41) is 9.89. The first-order valence-corrected chi connectivity index (χ1v) is 17.6. The van der Waals surface area contributed by atoms with E-state index >= 15 is 0 Å². The molecule has 2 aliphatic heterocycles. The lowest BCUT2D eigenvalue weighted by atomic mass is 9.68. The molecule has 8 nitrogen and oxygen atoms in total. The number of nitrogens with one attached hydrogen (secondary N) is 1. The Morgan fingerprint density at radius 3 is 2.61 bits per heavy atom. The van der Waals surface area contributed by atoms with E-state index in [1.54, 1.807) is 11.8 Å². The number of hydrogen-bond acceptors (Lipinski definition) is 7. The van der Waals surface area contributed by atoms with E-state index in [4.69, 9.17) is 9.84 Å². The Hall–Kier alpha value is -2.89. The predicted molar refractivity (Wildman–Crippen MR) is 171 cm³/mol. The molecule has 2 bridgehead atoms. The third-order valence-electron chi connectivity index (χ3n) is 10.0. The van der Waals surface area contributed by atoms with Gasteiger partial charge in [-0.1, -0.05) is 58.0 Å². The van der Waals surface area contributed by atoms with Gasteiger partial charge in [0.1, 0.15) is 12.4 Å². The van der Waals surface area contributed by atoms with E-state index in [0.29, 0.717) is 32.4 Å². The van der Waals surface area contributed by atoms with Crippen molar-refractivity contribution < 1.29 is 24.2 Å². The number of imide groups is 1. The summed E-state index contributed by atoms with van der Waals surface area (Å²) >= 11 is 6.59. The molecule has 3 heterocycles. The van der Waals surface area contributed by atoms with Crippen LogP contribution in [0.15, 0.2) is 56.8 Å². The van der Waals surface area contributed by atoms with Crippen molar-refractivity contribution >= 4 is 56.8 Å². The number of aliphatic carboxylic acids is 1. The highest BCUT2D eigenvalue weighted by Crippen LogP contribution is 2.69. The van der Waals surface area contributed by atoms with Gasteiger partial charge in [0.15, 0.2) is 0 Å². The van der Waals surface area contributed by atoms with Crippen LogP contribution in [0, 0.1) is 36.5 Å². The molecule has 11 heteroatoms. The molecule has 2 aromatic carbocycles. The highest BCUT2D eigenvalue weighted by molar-refractivity contribution is 9.10. The summed E-state index contributed by atoms with van der Waals surface area (Å²) in [6.45, 7) is 2.83. The molecule has 230 valence electrons. The standard InChI is InChI=1S/C33H33BrN2O6S2/c1-16-7-4-5-8-17(16)15-42-22-11-10-18(34)13-19(22)24-25-20-14-21(28(25)43-30-29(24)44-33(41)35-30)27-26(20)31(39)36(32(27)40)12-6-2-3-9-23(37)38/h4-5,7-8,10-11,13,20-21,24-28H,2-3,6,9,12,14-15H2,1H3,(H,35,41)(H,37,38)/t20?,21?,24-,25?,26?,27?,28?/m1/s1. The molecule has 3 fully saturated rings. The molecule has 0 spiro atoms. The Balaban J connectivity index is 1.21. The van der Waals surface area contributed by atoms with Crippen LogP contribution in [0.1, 0.15) is 59.6 Å². The number of ether oxygens (including phenoxy) is 1. The second-order valence-electron chi connectivity index (χ2n) is 12.4. The summed E-state index contributed by atoms with van der Waals surface area (Å²) in [7, 11) is 0. The van der Waals surface area contributed by atoms with E-state index in [1.807, 2.05) is 24.3 Å². The fourth-order valence-electron chi connectivity index (χ4n) is 8.19. The number of aromatic nitrogens is 1. The fraction of sp³-hybridized carbons (Fsp3) is 0.455. The Morgan fingerprint density at radius 1 is 1.07 bits per heavy atom. The van der Waals surface area contributed by atoms with Crippen LogP contribution in [0.3, 0.4) is 0 Å². The zero-order valence-electron chi connectivity index (χ0n) is 24.2. The van der Waals surface area contributed by atoms with Crippen LogP contribution in [0.25, 0.3) is 0 Å². The Kier molecular flexibility index (Phi) is 7.99. The van der Waals surface area contributed by atoms with Crippen LogP contribution in [0.4, 0.5) is 0 Å². The largest absolute Gasteiger partial charge is 0.489 e. The third-order valence-corrected chi connectivity index (χ3v) is 13.1. The number of thioether (sulfide) groups is 1. The summed E-state index contributed by atoms with van der Waals surface area (Å²) in [6, 6.07) is 14.2. The number of amides is 2. The Bertz CT molecular complexity index is 1700. The number of carboxylic acids is 1. The molecule has 2 aliphatic carbocycles. The smallest absolute Gasteiger partial charge is 0.305 e. The van der Waals surface area contributed by atoms with Crippen LogP contribution in [-0.2, 0) is 21.0 Å². The number of benzene rings is 2. The van der Waals surface area contributed by atoms with Gasteiger partial charge in [0.25, 0.3) is 0 Å². The van der Waals surface area contributed by atoms with E-state index in [2.05, 4.69) is 46.0 Å². The van der Waals surface area contributed by atoms with Crippen molar-refractivity contribution in [2.24, 2.45) is 29.6 Å². The first-order valence-electron chi connectivity index (χ1n) is 15.2. The van der Waals surface area contributed by atoms with Gasteiger partial charge in [-0.05, 0) is 73.3 Å². The molecule has 44 heavy (non-hydrogen) atoms. The Morgan fingerprint density at radius 2 is 1.84 bits per heavy atom. The van der Waals surface area contributed by atoms with E-state index in [1.165, 1.54) is 16.2 Å². The van der Waals surface area contributed by atoms with E-state index in [9.17, 15) is 19.2 Å². The molecule has 3 aromatic rings. The second-order valence-corrected chi connectivity index (χ2v) is 15.5. The fourth-order valence-corrected chi connectivity index (χ4v) is 11.4. The van der Waals surface area contributed by atoms with Gasteiger partial charge in [-0.3, -0.25) is 24.1 Å². The quantitative estimate of drug-likeness (QED) is 0.191. The van der Waals surface area contributed by atoms with E-state index in [-0.39, 0.29) is 63.9 Å². The average Bonchev–Trinajstić information content (AvgIpc) is 3.72. The van der Waals surface area contributed by atoms with Gasteiger partial charge in [0, 0.05) is 39.0 Å². The molecule has 7 atom stereocenters. The SMILES string of the molecule is Cc1ccccc1COc1ccc(Br)cc1[C@H]1c2sc(=O)[nH]c2SC2C3CC(C4C(=O)N(CCCCCC(=O)O)C(=O)C34)C21. The number of hydrogen-bond donors (Lipinski definition) is 2. The van der Waals surface area contributed by atoms with Crippen LogP contribution in [0.2, 0.25) is 0 Å². The lowest BCUT2D eigenvalue weighted by Gasteiger charge is -2.43. The minimum Gasteiger partial charge on any atom is -0.489 e. The molecule has 1 saturated heterocycles. The number of likely N-dealkylation sites (tertiary alicyclic amines) is 1. The lowest BCUT2D eigenvalue weighted by molar-refractivity contribution is -0.141. The highest BCUT2D eigenvalue weighted by Gasteiger charge is 2.69. The molecular weight excluding hydrogens is 664 g/mol. The predicted octanol–water partition coefficient (Wildman–Crippen LogP) is 6.20. The van der Waals surface area contributed by atoms with Gasteiger partial charge in [-0.15, -0.1) is 11.8 Å². The van der Waals surface area contributed by atoms with Gasteiger partial charge in [0.2, 0.25) is 11.8 Å². The number of carboxylic acid groups (broad SMARTS) is 1. The van der Waals surface area contributed by atoms with Crippen molar-refractivity contribution in [3.05, 3.63) is 78.2 Å². The maximum Gasteiger partial charge on any atom is 0.305 e. The third kappa shape index (κ3) is 5.04. The van der Waals surface area contributed by atoms with Gasteiger partial charge in [-0.25, -0.2) is 0 Å². The van der Waals surface area contributed by atoms with Crippen molar-refractivity contribution in [2.75, 3.05) is 6.54 Å². The van der Waals surface area contributed by atoms with Crippen molar-refractivity contribution in [3.63, 3.8) is 0 Å². The number of thiazole rings is 1. The summed E-state index contributed by atoms with van der Waals surface area (Å²) in [5.41, 5.74) is 3.25. The summed E-state index contributed by atoms with van der Waals surface area (Å²) in [4.78, 5) is 56.6. The molecule has 6 unspecified atom stereocenters. The summed E-state index contributed by atoms with van der Waals surface area (Å²) in [5.74, 6) is -0.893. The molecule has 7 rings (SSSR count). The Labute approximate surface area is 271 Å². The number of carbonyl (C=O) groups excluding carboxylic acids is 2. The van der Waals surface area contributed by atoms with Crippen LogP contribution >= 0.6 is 39.0 Å². The number of H-pyrrole nitrogens is 1. The van der Waals surface area contributed by atoms with E-state index < -0.39 is 5.97 Å². The number of halogens is 1. The van der Waals surface area contributed by atoms with E-state index in [0.717, 1.165) is 43.2 Å². The molecule has 2 N–H and O–H groups in total. The minimum absolute atomic E-state index is 0.0227. The summed E-state index contributed by atoms with van der Waals surface area (Å²) < 4.78 is 7.42. The van der Waals surface area contributed by atoms with Crippen LogP contribution in [-0.4, -0.2) is 44.6 Å². The molecule has 4 aliphatic rings. The zero-order chi connectivity index (χ0) is 30.7. The topological polar surface area (TPSA) is 117 Å². The number of carbonyl (C=O) groups is 3. The van der Waals surface area contributed by atoms with Crippen molar-refractivity contribution in [1.29, 1.82) is 0 Å². The number of aryl methyl sites for hydroxylation is 1. The van der Waals surface area contributed by atoms with Gasteiger partial charge >= 0.3 is 10.8 Å². The number of unbranched alkanes of at least 4 members (excludes halogenated alkanes) is 2. The minimum atomic E-state index is -0.830. The van der Waals surface area contributed by atoms with Crippen LogP contribution < -0.4 is 9.61 Å². The van der Waals surface area contributed by atoms with Crippen LogP contribution in [0.5, 0.6) is 5.75 Å². The van der Waals surface area contributed by atoms with Crippen molar-refractivity contribution in [3.8, 4) is 5.75 Å². The first kappa shape index (κ1) is 29.8. The maximum atomic E-state index is 13.9. The highest BCUT2D eigenvalue weighted by atomic mass is 79.9. The number of rotatable bonds is 10. The molecule has 2 saturated carbocycles. The number of aromatic amines is 1. The van der Waals surface area contributed by atoms with Crippen molar-refractivity contribution in [1.82, 2.24) is 9.88 Å². The number of nitrogens with zero attached hydrogens (tertiary/aromatic N) is 1.